The van der Waals surface area contributed by atoms with Gasteiger partial charge >= 0.3 is 0 Å². The number of rotatable bonds is 7. The third kappa shape index (κ3) is 6.16. The molecular formula is C26H21Cl3N2O2S. The SMILES string of the molecule is CCCN1C(=O)/C(=C/c2ccc(OCc3ccc(Cl)c(Cl)c3)cc2)SC1=Nc1ccc(Cl)cc1. The summed E-state index contributed by atoms with van der Waals surface area (Å²) in [4.78, 5) is 20.0. The van der Waals surface area contributed by atoms with E-state index in [-0.39, 0.29) is 5.91 Å². The molecule has 0 atom stereocenters. The number of benzene rings is 3. The van der Waals surface area contributed by atoms with Gasteiger partial charge in [0, 0.05) is 11.6 Å². The highest BCUT2D eigenvalue weighted by Crippen LogP contribution is 2.34. The molecule has 0 radical (unpaired) electrons. The topological polar surface area (TPSA) is 41.9 Å². The van der Waals surface area contributed by atoms with Crippen molar-refractivity contribution >= 4 is 69.4 Å². The number of nitrogens with zero attached hydrogens (tertiary/aromatic N) is 2. The molecule has 3 aromatic carbocycles. The summed E-state index contributed by atoms with van der Waals surface area (Å²) in [6.45, 7) is 3.02. The molecule has 174 valence electrons. The van der Waals surface area contributed by atoms with Crippen molar-refractivity contribution in [1.82, 2.24) is 4.90 Å². The Bertz CT molecular complexity index is 1240. The molecule has 3 aromatic rings. The average Bonchev–Trinajstić information content (AvgIpc) is 3.11. The number of carbonyl (C=O) groups excluding carboxylic acids is 1. The van der Waals surface area contributed by atoms with E-state index < -0.39 is 0 Å². The van der Waals surface area contributed by atoms with Gasteiger partial charge in [0.25, 0.3) is 5.91 Å². The molecular weight excluding hydrogens is 511 g/mol. The maximum absolute atomic E-state index is 13.0. The van der Waals surface area contributed by atoms with Gasteiger partial charge in [-0.25, -0.2) is 4.99 Å². The molecule has 1 heterocycles. The van der Waals surface area contributed by atoms with E-state index in [1.165, 1.54) is 11.8 Å². The fraction of sp³-hybridized carbons (Fsp3) is 0.154. The zero-order chi connectivity index (χ0) is 24.1. The van der Waals surface area contributed by atoms with Crippen LogP contribution in [0.2, 0.25) is 15.1 Å². The van der Waals surface area contributed by atoms with Crippen LogP contribution in [0.1, 0.15) is 24.5 Å². The van der Waals surface area contributed by atoms with E-state index in [1.807, 2.05) is 55.5 Å². The fourth-order valence-corrected chi connectivity index (χ4v) is 4.72. The van der Waals surface area contributed by atoms with Crippen molar-refractivity contribution in [1.29, 1.82) is 0 Å². The molecule has 0 aromatic heterocycles. The number of hydrogen-bond donors (Lipinski definition) is 0. The van der Waals surface area contributed by atoms with Crippen LogP contribution >= 0.6 is 46.6 Å². The lowest BCUT2D eigenvalue weighted by Crippen LogP contribution is -2.29. The van der Waals surface area contributed by atoms with Gasteiger partial charge in [-0.3, -0.25) is 9.69 Å². The van der Waals surface area contributed by atoms with Crippen LogP contribution in [0.25, 0.3) is 6.08 Å². The maximum Gasteiger partial charge on any atom is 0.266 e. The monoisotopic (exact) mass is 530 g/mol. The van der Waals surface area contributed by atoms with Crippen LogP contribution in [-0.4, -0.2) is 22.5 Å². The van der Waals surface area contributed by atoms with Crippen LogP contribution in [0, 0.1) is 0 Å². The van der Waals surface area contributed by atoms with Crippen molar-refractivity contribution < 1.29 is 9.53 Å². The number of hydrogen-bond acceptors (Lipinski definition) is 4. The Labute approximate surface area is 218 Å². The van der Waals surface area contributed by atoms with E-state index in [0.717, 1.165) is 29.0 Å². The lowest BCUT2D eigenvalue weighted by Gasteiger charge is -2.13. The third-order valence-electron chi connectivity index (χ3n) is 4.95. The first kappa shape index (κ1) is 24.7. The number of halogens is 3. The Morgan fingerprint density at radius 2 is 1.71 bits per heavy atom. The summed E-state index contributed by atoms with van der Waals surface area (Å²) in [7, 11) is 0. The van der Waals surface area contributed by atoms with Gasteiger partial charge in [-0.2, -0.15) is 0 Å². The van der Waals surface area contributed by atoms with Crippen LogP contribution in [-0.2, 0) is 11.4 Å². The predicted molar refractivity (Wildman–Crippen MR) is 143 cm³/mol. The molecule has 4 rings (SSSR count). The van der Waals surface area contributed by atoms with Crippen molar-refractivity contribution in [3.8, 4) is 5.75 Å². The minimum atomic E-state index is -0.0421. The predicted octanol–water partition coefficient (Wildman–Crippen LogP) is 8.24. The van der Waals surface area contributed by atoms with E-state index >= 15 is 0 Å². The lowest BCUT2D eigenvalue weighted by atomic mass is 10.2. The van der Waals surface area contributed by atoms with Crippen molar-refractivity contribution in [2.45, 2.75) is 20.0 Å². The first-order valence-electron chi connectivity index (χ1n) is 10.7. The quantitative estimate of drug-likeness (QED) is 0.288. The molecule has 0 bridgehead atoms. The van der Waals surface area contributed by atoms with E-state index in [1.54, 1.807) is 29.2 Å². The number of ether oxygens (including phenoxy) is 1. The molecule has 0 aliphatic carbocycles. The van der Waals surface area contributed by atoms with Crippen LogP contribution < -0.4 is 4.74 Å². The molecule has 34 heavy (non-hydrogen) atoms. The molecule has 1 fully saturated rings. The van der Waals surface area contributed by atoms with Gasteiger partial charge in [0.05, 0.1) is 20.6 Å². The Morgan fingerprint density at radius 3 is 2.38 bits per heavy atom. The van der Waals surface area contributed by atoms with Crippen LogP contribution in [0.5, 0.6) is 5.75 Å². The van der Waals surface area contributed by atoms with Gasteiger partial charge < -0.3 is 4.74 Å². The highest BCUT2D eigenvalue weighted by Gasteiger charge is 2.32. The molecule has 1 aliphatic heterocycles. The number of amidine groups is 1. The molecule has 0 spiro atoms. The van der Waals surface area contributed by atoms with Gasteiger partial charge in [-0.1, -0.05) is 59.9 Å². The minimum Gasteiger partial charge on any atom is -0.489 e. The lowest BCUT2D eigenvalue weighted by molar-refractivity contribution is -0.122. The molecule has 0 saturated carbocycles. The van der Waals surface area contributed by atoms with Crippen LogP contribution in [0.3, 0.4) is 0 Å². The van der Waals surface area contributed by atoms with Gasteiger partial charge in [-0.15, -0.1) is 0 Å². The normalized spacial score (nSPS) is 16.0. The number of thioether (sulfide) groups is 1. The summed E-state index contributed by atoms with van der Waals surface area (Å²) in [5, 5.41) is 2.33. The third-order valence-corrected chi connectivity index (χ3v) is 6.95. The number of amides is 1. The molecule has 8 heteroatoms. The maximum atomic E-state index is 13.0. The van der Waals surface area contributed by atoms with Gasteiger partial charge in [0.15, 0.2) is 5.17 Å². The van der Waals surface area contributed by atoms with Gasteiger partial charge in [0.2, 0.25) is 0 Å². The van der Waals surface area contributed by atoms with Crippen LogP contribution in [0.4, 0.5) is 5.69 Å². The molecule has 0 unspecified atom stereocenters. The summed E-state index contributed by atoms with van der Waals surface area (Å²) < 4.78 is 5.84. The molecule has 1 saturated heterocycles. The van der Waals surface area contributed by atoms with Crippen LogP contribution in [0.15, 0.2) is 76.6 Å². The summed E-state index contributed by atoms with van der Waals surface area (Å²) >= 11 is 19.4. The first-order chi connectivity index (χ1) is 16.4. The largest absolute Gasteiger partial charge is 0.489 e. The first-order valence-corrected chi connectivity index (χ1v) is 12.6. The standard InChI is InChI=1S/C26H21Cl3N2O2S/c1-2-13-31-25(32)24(34-26(31)30-20-8-6-19(27)7-9-20)15-17-3-10-21(11-4-17)33-16-18-5-12-22(28)23(29)14-18/h3-12,14-15H,2,13,16H2,1H3/b24-15-,30-26?. The molecule has 4 nitrogen and oxygen atoms in total. The number of carbonyl (C=O) groups is 1. The summed E-state index contributed by atoms with van der Waals surface area (Å²) in [6, 6.07) is 20.3. The fourth-order valence-electron chi connectivity index (χ4n) is 3.25. The van der Waals surface area contributed by atoms with Crippen molar-refractivity contribution in [2.24, 2.45) is 4.99 Å². The second kappa shape index (κ2) is 11.3. The average molecular weight is 532 g/mol. The summed E-state index contributed by atoms with van der Waals surface area (Å²) in [6.07, 6.45) is 2.72. The summed E-state index contributed by atoms with van der Waals surface area (Å²) in [5.41, 5.74) is 2.59. The highest BCUT2D eigenvalue weighted by molar-refractivity contribution is 8.18. The Morgan fingerprint density at radius 1 is 0.971 bits per heavy atom. The summed E-state index contributed by atoms with van der Waals surface area (Å²) in [5.74, 6) is 0.677. The Balaban J connectivity index is 1.47. The zero-order valence-electron chi connectivity index (χ0n) is 18.3. The van der Waals surface area contributed by atoms with Crippen molar-refractivity contribution in [2.75, 3.05) is 6.54 Å². The van der Waals surface area contributed by atoms with E-state index in [0.29, 0.717) is 38.3 Å². The highest BCUT2D eigenvalue weighted by atomic mass is 35.5. The van der Waals surface area contributed by atoms with Gasteiger partial charge in [-0.05, 0) is 83.9 Å². The van der Waals surface area contributed by atoms with E-state index in [9.17, 15) is 4.79 Å². The Hall–Kier alpha value is -2.44. The molecule has 1 aliphatic rings. The van der Waals surface area contributed by atoms with E-state index in [4.69, 9.17) is 39.5 Å². The Kier molecular flexibility index (Phi) is 8.22. The second-order valence-corrected chi connectivity index (χ2v) is 9.80. The van der Waals surface area contributed by atoms with Crippen molar-refractivity contribution in [3.05, 3.63) is 97.8 Å². The van der Waals surface area contributed by atoms with Crippen molar-refractivity contribution in [3.63, 3.8) is 0 Å². The second-order valence-electron chi connectivity index (χ2n) is 7.54. The van der Waals surface area contributed by atoms with E-state index in [2.05, 4.69) is 4.99 Å². The smallest absolute Gasteiger partial charge is 0.266 e. The van der Waals surface area contributed by atoms with Gasteiger partial charge in [0.1, 0.15) is 12.4 Å². The number of aliphatic imine (C=N–C) groups is 1. The zero-order valence-corrected chi connectivity index (χ0v) is 21.4. The minimum absolute atomic E-state index is 0.0421. The molecule has 0 N–H and O–H groups in total. The molecule has 1 amide bonds.